The number of methoxy groups -OCH3 is 1. The number of aromatic nitrogens is 1. The van der Waals surface area contributed by atoms with Gasteiger partial charge < -0.3 is 19.7 Å². The molecule has 0 spiro atoms. The zero-order valence-electron chi connectivity index (χ0n) is 12.4. The lowest BCUT2D eigenvalue weighted by Crippen LogP contribution is -2.40. The summed E-state index contributed by atoms with van der Waals surface area (Å²) in [5.41, 5.74) is 3.81. The molecule has 0 saturated carbocycles. The van der Waals surface area contributed by atoms with Crippen LogP contribution in [-0.4, -0.2) is 30.3 Å². The number of nitrogens with one attached hydrogen (secondary N) is 1. The molecule has 0 aliphatic carbocycles. The fourth-order valence-electron chi connectivity index (χ4n) is 3.68. The Labute approximate surface area is 128 Å². The van der Waals surface area contributed by atoms with Crippen LogP contribution in [0.1, 0.15) is 24.5 Å². The molecule has 0 radical (unpaired) electrons. The smallest absolute Gasteiger partial charge is 0.248 e. The number of hydrogen-bond acceptors (Lipinski definition) is 4. The molecular weight excluding hydrogens is 280 g/mol. The van der Waals surface area contributed by atoms with Crippen molar-refractivity contribution in [1.82, 2.24) is 4.98 Å². The Morgan fingerprint density at radius 2 is 2.05 bits per heavy atom. The predicted octanol–water partition coefficient (Wildman–Crippen LogP) is 2.45. The lowest BCUT2D eigenvalue weighted by Gasteiger charge is -2.42. The number of H-pyrrole nitrogens is 1. The van der Waals surface area contributed by atoms with E-state index in [1.807, 2.05) is 6.07 Å². The van der Waals surface area contributed by atoms with Gasteiger partial charge in [0.1, 0.15) is 0 Å². The lowest BCUT2D eigenvalue weighted by molar-refractivity contribution is 0.373. The highest BCUT2D eigenvalue weighted by molar-refractivity contribution is 5.82. The van der Waals surface area contributed by atoms with Crippen molar-refractivity contribution in [3.63, 3.8) is 0 Å². The third-order valence-corrected chi connectivity index (χ3v) is 4.75. The van der Waals surface area contributed by atoms with Crippen LogP contribution in [0.5, 0.6) is 11.5 Å². The molecule has 5 heteroatoms. The van der Waals surface area contributed by atoms with E-state index in [1.54, 1.807) is 18.2 Å². The Hall–Kier alpha value is -2.43. The molecule has 0 amide bonds. The summed E-state index contributed by atoms with van der Waals surface area (Å²) in [5.74, 6) is 0.966. The van der Waals surface area contributed by atoms with Crippen LogP contribution in [0.25, 0.3) is 11.1 Å². The number of pyridine rings is 1. The Morgan fingerprint density at radius 3 is 2.73 bits per heavy atom. The van der Waals surface area contributed by atoms with Gasteiger partial charge in [-0.1, -0.05) is 6.07 Å². The molecule has 0 unspecified atom stereocenters. The van der Waals surface area contributed by atoms with Crippen molar-refractivity contribution in [1.29, 1.82) is 0 Å². The van der Waals surface area contributed by atoms with Crippen LogP contribution in [0.3, 0.4) is 0 Å². The Balaban J connectivity index is 1.93. The SMILES string of the molecule is COc1ccc(-c2cc(=O)[nH]c3c2N2CCC3CC2)cc1O. The second-order valence-corrected chi connectivity index (χ2v) is 5.96. The normalized spacial score (nSPS) is 16.7. The molecule has 1 saturated heterocycles. The van der Waals surface area contributed by atoms with E-state index in [0.29, 0.717) is 11.7 Å². The Morgan fingerprint density at radius 1 is 1.27 bits per heavy atom. The first-order valence-electron chi connectivity index (χ1n) is 7.57. The highest BCUT2D eigenvalue weighted by Gasteiger charge is 2.33. The highest BCUT2D eigenvalue weighted by Crippen LogP contribution is 2.45. The van der Waals surface area contributed by atoms with E-state index >= 15 is 0 Å². The first kappa shape index (κ1) is 13.2. The summed E-state index contributed by atoms with van der Waals surface area (Å²) in [5, 5.41) is 10.0. The van der Waals surface area contributed by atoms with Crippen LogP contribution in [-0.2, 0) is 0 Å². The lowest BCUT2D eigenvalue weighted by atomic mass is 9.84. The van der Waals surface area contributed by atoms with Gasteiger partial charge in [0.2, 0.25) is 5.56 Å². The maximum absolute atomic E-state index is 12.1. The van der Waals surface area contributed by atoms with Crippen molar-refractivity contribution in [2.75, 3.05) is 25.1 Å². The number of nitrogens with zero attached hydrogens (tertiary/aromatic N) is 1. The molecule has 3 aliphatic heterocycles. The third kappa shape index (κ3) is 1.89. The summed E-state index contributed by atoms with van der Waals surface area (Å²) in [6.45, 7) is 2.05. The molecule has 1 aromatic carbocycles. The molecule has 5 rings (SSSR count). The summed E-state index contributed by atoms with van der Waals surface area (Å²) in [4.78, 5) is 17.4. The molecule has 2 bridgehead atoms. The molecule has 1 fully saturated rings. The zero-order valence-corrected chi connectivity index (χ0v) is 12.4. The number of benzene rings is 1. The zero-order chi connectivity index (χ0) is 15.3. The maximum Gasteiger partial charge on any atom is 0.248 e. The van der Waals surface area contributed by atoms with Gasteiger partial charge in [-0.2, -0.15) is 0 Å². The minimum absolute atomic E-state index is 0.0854. The molecule has 4 heterocycles. The van der Waals surface area contributed by atoms with Crippen molar-refractivity contribution in [2.24, 2.45) is 0 Å². The minimum Gasteiger partial charge on any atom is -0.504 e. The number of ether oxygens (including phenoxy) is 1. The van der Waals surface area contributed by atoms with Crippen molar-refractivity contribution in [2.45, 2.75) is 18.8 Å². The average Bonchev–Trinajstić information content (AvgIpc) is 2.55. The molecule has 1 aromatic heterocycles. The fourth-order valence-corrected chi connectivity index (χ4v) is 3.68. The van der Waals surface area contributed by atoms with Gasteiger partial charge in [-0.15, -0.1) is 0 Å². The number of anilines is 1. The van der Waals surface area contributed by atoms with E-state index in [9.17, 15) is 9.90 Å². The summed E-state index contributed by atoms with van der Waals surface area (Å²) < 4.78 is 5.09. The van der Waals surface area contributed by atoms with E-state index < -0.39 is 0 Å². The predicted molar refractivity (Wildman–Crippen MR) is 84.9 cm³/mol. The van der Waals surface area contributed by atoms with Gasteiger partial charge in [-0.3, -0.25) is 4.79 Å². The van der Waals surface area contributed by atoms with E-state index in [-0.39, 0.29) is 11.3 Å². The molecule has 0 atom stereocenters. The van der Waals surface area contributed by atoms with Gasteiger partial charge in [0.05, 0.1) is 12.8 Å². The van der Waals surface area contributed by atoms with Gasteiger partial charge in [-0.25, -0.2) is 0 Å². The highest BCUT2D eigenvalue weighted by atomic mass is 16.5. The number of phenols is 1. The van der Waals surface area contributed by atoms with E-state index in [2.05, 4.69) is 9.88 Å². The largest absolute Gasteiger partial charge is 0.504 e. The van der Waals surface area contributed by atoms with Gasteiger partial charge in [0.25, 0.3) is 0 Å². The van der Waals surface area contributed by atoms with Gasteiger partial charge in [0, 0.05) is 36.3 Å². The number of piperidine rings is 1. The number of aromatic hydroxyl groups is 1. The molecule has 2 N–H and O–H groups in total. The molecular formula is C17H18N2O3. The van der Waals surface area contributed by atoms with Crippen LogP contribution < -0.4 is 15.2 Å². The van der Waals surface area contributed by atoms with Crippen molar-refractivity contribution >= 4 is 5.69 Å². The summed E-state index contributed by atoms with van der Waals surface area (Å²) in [7, 11) is 1.52. The fraction of sp³-hybridized carbons (Fsp3) is 0.353. The third-order valence-electron chi connectivity index (χ3n) is 4.75. The van der Waals surface area contributed by atoms with Crippen molar-refractivity contribution in [3.8, 4) is 22.6 Å². The number of hydrogen-bond donors (Lipinski definition) is 2. The maximum atomic E-state index is 12.1. The number of rotatable bonds is 2. The van der Waals surface area contributed by atoms with E-state index in [1.165, 1.54) is 7.11 Å². The van der Waals surface area contributed by atoms with E-state index in [4.69, 9.17) is 4.74 Å². The van der Waals surface area contributed by atoms with Gasteiger partial charge >= 0.3 is 0 Å². The quantitative estimate of drug-likeness (QED) is 0.894. The second kappa shape index (κ2) is 4.80. The van der Waals surface area contributed by atoms with E-state index in [0.717, 1.165) is 48.4 Å². The van der Waals surface area contributed by atoms with Crippen LogP contribution in [0, 0.1) is 0 Å². The minimum atomic E-state index is -0.0854. The summed E-state index contributed by atoms with van der Waals surface area (Å²) in [6.07, 6.45) is 2.19. The van der Waals surface area contributed by atoms with Crippen molar-refractivity contribution < 1.29 is 9.84 Å². The first-order chi connectivity index (χ1) is 10.7. The van der Waals surface area contributed by atoms with Gasteiger partial charge in [0.15, 0.2) is 11.5 Å². The molecule has 3 aliphatic rings. The number of fused-ring (bicyclic) bond motifs is 2. The molecule has 2 aromatic rings. The topological polar surface area (TPSA) is 65.6 Å². The van der Waals surface area contributed by atoms with Gasteiger partial charge in [-0.05, 0) is 30.5 Å². The Bertz CT molecular complexity index is 789. The molecule has 114 valence electrons. The molecule has 22 heavy (non-hydrogen) atoms. The average molecular weight is 298 g/mol. The number of phenolic OH excluding ortho intramolecular Hbond substituents is 1. The van der Waals surface area contributed by atoms with Crippen LogP contribution in [0.15, 0.2) is 29.1 Å². The van der Waals surface area contributed by atoms with Crippen LogP contribution >= 0.6 is 0 Å². The van der Waals surface area contributed by atoms with Crippen LogP contribution in [0.4, 0.5) is 5.69 Å². The monoisotopic (exact) mass is 298 g/mol. The summed E-state index contributed by atoms with van der Waals surface area (Å²) in [6, 6.07) is 6.91. The standard InChI is InChI=1S/C17H18N2O3/c1-22-14-3-2-11(8-13(14)20)12-9-15(21)18-16-10-4-6-19(7-5-10)17(12)16/h2-3,8-10,20H,4-7H2,1H3,(H,18,21). The second-order valence-electron chi connectivity index (χ2n) is 5.96. The Kier molecular flexibility index (Phi) is 2.89. The van der Waals surface area contributed by atoms with Crippen LogP contribution in [0.2, 0.25) is 0 Å². The first-order valence-corrected chi connectivity index (χ1v) is 7.57. The number of aromatic amines is 1. The molecule has 5 nitrogen and oxygen atoms in total. The summed E-state index contributed by atoms with van der Waals surface area (Å²) >= 11 is 0. The van der Waals surface area contributed by atoms with Crippen molar-refractivity contribution in [3.05, 3.63) is 40.3 Å².